The van der Waals surface area contributed by atoms with E-state index in [9.17, 15) is 0 Å². The van der Waals surface area contributed by atoms with Crippen LogP contribution in [0.5, 0.6) is 5.75 Å². The molecule has 19 heavy (non-hydrogen) atoms. The Morgan fingerprint density at radius 1 is 1.11 bits per heavy atom. The van der Waals surface area contributed by atoms with Crippen LogP contribution in [0.3, 0.4) is 0 Å². The molecular weight excluding hydrogens is 236 g/mol. The predicted molar refractivity (Wildman–Crippen MR) is 81.8 cm³/mol. The molecule has 0 saturated heterocycles. The highest BCUT2D eigenvalue weighted by Gasteiger charge is 2.01. The van der Waals surface area contributed by atoms with Crippen LogP contribution < -0.4 is 10.1 Å². The van der Waals surface area contributed by atoms with Crippen LogP contribution >= 0.6 is 0 Å². The van der Waals surface area contributed by atoms with E-state index in [1.807, 2.05) is 30.3 Å². The second-order valence-electron chi connectivity index (χ2n) is 5.19. The third kappa shape index (κ3) is 7.85. The number of nitrogens with zero attached hydrogens (tertiary/aromatic N) is 1. The minimum atomic E-state index is 0.638. The molecular formula is C16H28N2O. The summed E-state index contributed by atoms with van der Waals surface area (Å²) < 4.78 is 5.63. The molecule has 0 aliphatic heterocycles. The summed E-state index contributed by atoms with van der Waals surface area (Å²) in [6.45, 7) is 8.51. The molecule has 0 aromatic heterocycles. The van der Waals surface area contributed by atoms with Crippen LogP contribution in [-0.4, -0.2) is 44.2 Å². The Labute approximate surface area is 118 Å². The summed E-state index contributed by atoms with van der Waals surface area (Å²) in [6.07, 6.45) is 2.25. The van der Waals surface area contributed by atoms with Gasteiger partial charge < -0.3 is 15.0 Å². The van der Waals surface area contributed by atoms with Crippen molar-refractivity contribution in [2.45, 2.75) is 32.7 Å². The highest BCUT2D eigenvalue weighted by Crippen LogP contribution is 2.07. The van der Waals surface area contributed by atoms with Gasteiger partial charge in [0, 0.05) is 6.04 Å². The van der Waals surface area contributed by atoms with Gasteiger partial charge in [-0.05, 0) is 65.5 Å². The fraction of sp³-hybridized carbons (Fsp3) is 0.625. The molecule has 0 unspecified atom stereocenters. The van der Waals surface area contributed by atoms with Crippen LogP contribution in [0.25, 0.3) is 0 Å². The first kappa shape index (κ1) is 16.0. The van der Waals surface area contributed by atoms with E-state index in [1.165, 1.54) is 6.42 Å². The van der Waals surface area contributed by atoms with Crippen molar-refractivity contribution in [2.75, 3.05) is 33.3 Å². The smallest absolute Gasteiger partial charge is 0.119 e. The van der Waals surface area contributed by atoms with Gasteiger partial charge in [0.1, 0.15) is 5.75 Å². The van der Waals surface area contributed by atoms with Crippen molar-refractivity contribution in [3.63, 3.8) is 0 Å². The topological polar surface area (TPSA) is 24.5 Å². The second-order valence-corrected chi connectivity index (χ2v) is 5.19. The second kappa shape index (κ2) is 9.82. The van der Waals surface area contributed by atoms with E-state index < -0.39 is 0 Å². The van der Waals surface area contributed by atoms with Crippen molar-refractivity contribution < 1.29 is 4.74 Å². The minimum Gasteiger partial charge on any atom is -0.494 e. The molecule has 3 nitrogen and oxygen atoms in total. The first-order valence-electron chi connectivity index (χ1n) is 7.29. The highest BCUT2D eigenvalue weighted by molar-refractivity contribution is 5.20. The first-order valence-corrected chi connectivity index (χ1v) is 7.29. The zero-order valence-corrected chi connectivity index (χ0v) is 12.6. The van der Waals surface area contributed by atoms with Gasteiger partial charge in [0.05, 0.1) is 6.61 Å². The van der Waals surface area contributed by atoms with Gasteiger partial charge in [-0.2, -0.15) is 0 Å². The Bertz CT molecular complexity index is 314. The van der Waals surface area contributed by atoms with Gasteiger partial charge in [-0.3, -0.25) is 0 Å². The van der Waals surface area contributed by atoms with Crippen molar-refractivity contribution in [3.8, 4) is 5.75 Å². The summed E-state index contributed by atoms with van der Waals surface area (Å²) in [4.78, 5) is 2.38. The maximum absolute atomic E-state index is 5.63. The molecule has 0 atom stereocenters. The van der Waals surface area contributed by atoms with Crippen LogP contribution in [0.2, 0.25) is 0 Å². The number of para-hydroxylation sites is 1. The molecule has 0 fully saturated rings. The fourth-order valence-electron chi connectivity index (χ4n) is 1.74. The Morgan fingerprint density at radius 3 is 2.47 bits per heavy atom. The van der Waals surface area contributed by atoms with Crippen LogP contribution in [0, 0.1) is 0 Å². The fourth-order valence-corrected chi connectivity index (χ4v) is 1.74. The van der Waals surface area contributed by atoms with Gasteiger partial charge in [0.15, 0.2) is 0 Å². The standard InChI is InChI=1S/C16H28N2O/c1-15(2)18(3)13-7-11-17-12-8-14-19-16-9-5-4-6-10-16/h4-6,9-10,15,17H,7-8,11-14H2,1-3H3. The summed E-state index contributed by atoms with van der Waals surface area (Å²) in [5.41, 5.74) is 0. The largest absolute Gasteiger partial charge is 0.494 e. The monoisotopic (exact) mass is 264 g/mol. The highest BCUT2D eigenvalue weighted by atomic mass is 16.5. The number of hydrogen-bond acceptors (Lipinski definition) is 3. The Morgan fingerprint density at radius 2 is 1.79 bits per heavy atom. The number of nitrogens with one attached hydrogen (secondary N) is 1. The maximum atomic E-state index is 5.63. The molecule has 1 rings (SSSR count). The van der Waals surface area contributed by atoms with Crippen molar-refractivity contribution in [1.82, 2.24) is 10.2 Å². The Kier molecular flexibility index (Phi) is 8.26. The summed E-state index contributed by atoms with van der Waals surface area (Å²) in [7, 11) is 2.18. The molecule has 1 aromatic rings. The third-order valence-electron chi connectivity index (χ3n) is 3.26. The zero-order chi connectivity index (χ0) is 13.9. The first-order chi connectivity index (χ1) is 9.20. The van der Waals surface area contributed by atoms with Crippen molar-refractivity contribution in [1.29, 1.82) is 0 Å². The lowest BCUT2D eigenvalue weighted by atomic mass is 10.3. The van der Waals surface area contributed by atoms with E-state index in [0.29, 0.717) is 6.04 Å². The molecule has 0 bridgehead atoms. The molecule has 0 aliphatic rings. The van der Waals surface area contributed by atoms with Gasteiger partial charge in [0.2, 0.25) is 0 Å². The van der Waals surface area contributed by atoms with E-state index in [2.05, 4.69) is 31.1 Å². The number of hydrogen-bond donors (Lipinski definition) is 1. The lowest BCUT2D eigenvalue weighted by Crippen LogP contribution is -2.29. The van der Waals surface area contributed by atoms with Crippen molar-refractivity contribution >= 4 is 0 Å². The molecule has 0 amide bonds. The lowest BCUT2D eigenvalue weighted by molar-refractivity contribution is 0.268. The van der Waals surface area contributed by atoms with Gasteiger partial charge in [0.25, 0.3) is 0 Å². The molecule has 0 spiro atoms. The molecule has 0 aliphatic carbocycles. The molecule has 0 saturated carbocycles. The van der Waals surface area contributed by atoms with Crippen LogP contribution in [0.4, 0.5) is 0 Å². The summed E-state index contributed by atoms with van der Waals surface area (Å²) in [5, 5.41) is 3.46. The Balaban J connectivity index is 1.89. The molecule has 1 aromatic carbocycles. The summed E-state index contributed by atoms with van der Waals surface area (Å²) in [6, 6.07) is 10.6. The Hall–Kier alpha value is -1.06. The van der Waals surface area contributed by atoms with Crippen LogP contribution in [0.1, 0.15) is 26.7 Å². The van der Waals surface area contributed by atoms with E-state index in [0.717, 1.165) is 38.4 Å². The maximum Gasteiger partial charge on any atom is 0.119 e. The quantitative estimate of drug-likeness (QED) is 0.658. The van der Waals surface area contributed by atoms with Gasteiger partial charge in [-0.25, -0.2) is 0 Å². The van der Waals surface area contributed by atoms with E-state index >= 15 is 0 Å². The summed E-state index contributed by atoms with van der Waals surface area (Å²) in [5.74, 6) is 0.959. The van der Waals surface area contributed by atoms with Crippen molar-refractivity contribution in [3.05, 3.63) is 30.3 Å². The average molecular weight is 264 g/mol. The van der Waals surface area contributed by atoms with E-state index in [1.54, 1.807) is 0 Å². The van der Waals surface area contributed by atoms with Crippen LogP contribution in [-0.2, 0) is 0 Å². The zero-order valence-electron chi connectivity index (χ0n) is 12.6. The van der Waals surface area contributed by atoms with Crippen molar-refractivity contribution in [2.24, 2.45) is 0 Å². The SMILES string of the molecule is CC(C)N(C)CCCNCCCOc1ccccc1. The molecule has 3 heteroatoms. The van der Waals surface area contributed by atoms with Gasteiger partial charge in [-0.1, -0.05) is 18.2 Å². The molecule has 1 N–H and O–H groups in total. The molecule has 108 valence electrons. The number of ether oxygens (including phenoxy) is 1. The normalized spacial score (nSPS) is 11.2. The molecule has 0 heterocycles. The number of benzene rings is 1. The van der Waals surface area contributed by atoms with E-state index in [-0.39, 0.29) is 0 Å². The average Bonchev–Trinajstić information content (AvgIpc) is 2.42. The summed E-state index contributed by atoms with van der Waals surface area (Å²) >= 11 is 0. The third-order valence-corrected chi connectivity index (χ3v) is 3.26. The van der Waals surface area contributed by atoms with Gasteiger partial charge in [-0.15, -0.1) is 0 Å². The molecule has 0 radical (unpaired) electrons. The lowest BCUT2D eigenvalue weighted by Gasteiger charge is -2.20. The predicted octanol–water partition coefficient (Wildman–Crippen LogP) is 2.78. The number of rotatable bonds is 10. The van der Waals surface area contributed by atoms with E-state index in [4.69, 9.17) is 4.74 Å². The van der Waals surface area contributed by atoms with Gasteiger partial charge >= 0.3 is 0 Å². The minimum absolute atomic E-state index is 0.638. The van der Waals surface area contributed by atoms with Crippen LogP contribution in [0.15, 0.2) is 30.3 Å².